The summed E-state index contributed by atoms with van der Waals surface area (Å²) in [5, 5.41) is 10.7. The average molecular weight is 254 g/mol. The first-order valence-corrected chi connectivity index (χ1v) is 6.75. The fourth-order valence-corrected chi connectivity index (χ4v) is 2.74. The molecule has 2 rings (SSSR count). The summed E-state index contributed by atoms with van der Waals surface area (Å²) >= 11 is 0. The molecule has 2 aromatic carbocycles. The maximum atomic E-state index is 10.7. The van der Waals surface area contributed by atoms with E-state index in [1.165, 1.54) is 27.8 Å². The average Bonchev–Trinajstić information content (AvgIpc) is 2.44. The van der Waals surface area contributed by atoms with Crippen LogP contribution in [0.5, 0.6) is 0 Å². The maximum absolute atomic E-state index is 10.7. The van der Waals surface area contributed by atoms with Gasteiger partial charge in [0, 0.05) is 0 Å². The summed E-state index contributed by atoms with van der Waals surface area (Å²) in [7, 11) is 0. The summed E-state index contributed by atoms with van der Waals surface area (Å²) < 4.78 is 0. The lowest BCUT2D eigenvalue weighted by atomic mass is 9.85. The minimum Gasteiger partial charge on any atom is -0.384 e. The minimum atomic E-state index is -0.542. The number of hydrogen-bond acceptors (Lipinski definition) is 1. The molecule has 0 aliphatic rings. The van der Waals surface area contributed by atoms with E-state index in [1.807, 2.05) is 30.3 Å². The van der Waals surface area contributed by atoms with Crippen LogP contribution in [-0.4, -0.2) is 5.11 Å². The van der Waals surface area contributed by atoms with E-state index in [0.717, 1.165) is 11.1 Å². The Hall–Kier alpha value is -1.60. The summed E-state index contributed by atoms with van der Waals surface area (Å²) in [6.45, 7) is 10.6. The molecule has 0 bridgehead atoms. The van der Waals surface area contributed by atoms with Crippen LogP contribution in [0.3, 0.4) is 0 Å². The fraction of sp³-hybridized carbons (Fsp3) is 0.333. The molecule has 0 aliphatic carbocycles. The van der Waals surface area contributed by atoms with Crippen molar-refractivity contribution in [2.45, 2.75) is 40.7 Å². The second-order valence-electron chi connectivity index (χ2n) is 5.35. The summed E-state index contributed by atoms with van der Waals surface area (Å²) in [4.78, 5) is 0. The van der Waals surface area contributed by atoms with Crippen LogP contribution in [0.15, 0.2) is 30.3 Å². The van der Waals surface area contributed by atoms with Crippen LogP contribution in [0, 0.1) is 34.6 Å². The molecule has 0 aromatic heterocycles. The molecule has 0 radical (unpaired) electrons. The molecule has 1 N–H and O–H groups in total. The van der Waals surface area contributed by atoms with Crippen LogP contribution in [0.1, 0.15) is 45.0 Å². The van der Waals surface area contributed by atoms with Gasteiger partial charge >= 0.3 is 0 Å². The van der Waals surface area contributed by atoms with Gasteiger partial charge in [0.1, 0.15) is 6.10 Å². The first-order valence-electron chi connectivity index (χ1n) is 6.75. The lowest BCUT2D eigenvalue weighted by Gasteiger charge is -2.22. The third-order valence-electron chi connectivity index (χ3n) is 4.45. The predicted molar refractivity (Wildman–Crippen MR) is 80.6 cm³/mol. The van der Waals surface area contributed by atoms with E-state index in [9.17, 15) is 5.11 Å². The third-order valence-corrected chi connectivity index (χ3v) is 4.45. The lowest BCUT2D eigenvalue weighted by Crippen LogP contribution is -2.09. The molecule has 1 heteroatoms. The molecule has 0 fully saturated rings. The maximum Gasteiger partial charge on any atom is 0.105 e. The van der Waals surface area contributed by atoms with E-state index in [1.54, 1.807) is 0 Å². The van der Waals surface area contributed by atoms with E-state index in [4.69, 9.17) is 0 Å². The summed E-state index contributed by atoms with van der Waals surface area (Å²) in [5.41, 5.74) is 8.33. The van der Waals surface area contributed by atoms with Crippen molar-refractivity contribution in [1.29, 1.82) is 0 Å². The zero-order valence-corrected chi connectivity index (χ0v) is 12.4. The van der Waals surface area contributed by atoms with Crippen molar-refractivity contribution in [3.8, 4) is 0 Å². The van der Waals surface area contributed by atoms with Gasteiger partial charge < -0.3 is 5.11 Å². The van der Waals surface area contributed by atoms with Crippen LogP contribution in [0.2, 0.25) is 0 Å². The molecule has 0 saturated carbocycles. The fourth-order valence-electron chi connectivity index (χ4n) is 2.74. The zero-order valence-electron chi connectivity index (χ0n) is 12.4. The van der Waals surface area contributed by atoms with Crippen molar-refractivity contribution in [3.05, 3.63) is 69.3 Å². The Labute approximate surface area is 115 Å². The molecule has 2 aromatic rings. The number of benzene rings is 2. The minimum absolute atomic E-state index is 0.542. The van der Waals surface area contributed by atoms with Crippen molar-refractivity contribution in [3.63, 3.8) is 0 Å². The van der Waals surface area contributed by atoms with Gasteiger partial charge in [0.05, 0.1) is 0 Å². The van der Waals surface area contributed by atoms with Gasteiger partial charge in [-0.3, -0.25) is 0 Å². The molecule has 100 valence electrons. The van der Waals surface area contributed by atoms with E-state index < -0.39 is 6.10 Å². The first-order chi connectivity index (χ1) is 8.95. The number of aliphatic hydroxyl groups excluding tert-OH is 1. The van der Waals surface area contributed by atoms with Crippen molar-refractivity contribution in [1.82, 2.24) is 0 Å². The largest absolute Gasteiger partial charge is 0.384 e. The van der Waals surface area contributed by atoms with E-state index in [2.05, 4.69) is 34.6 Å². The molecule has 0 saturated heterocycles. The SMILES string of the molecule is Cc1c(C)c(C)c(C(O)c2ccccc2)c(C)c1C. The van der Waals surface area contributed by atoms with Gasteiger partial charge in [-0.15, -0.1) is 0 Å². The van der Waals surface area contributed by atoms with Gasteiger partial charge in [-0.25, -0.2) is 0 Å². The van der Waals surface area contributed by atoms with Gasteiger partial charge in [0.25, 0.3) is 0 Å². The lowest BCUT2D eigenvalue weighted by molar-refractivity contribution is 0.218. The van der Waals surface area contributed by atoms with Crippen molar-refractivity contribution < 1.29 is 5.11 Å². The van der Waals surface area contributed by atoms with Gasteiger partial charge in [0.15, 0.2) is 0 Å². The smallest absolute Gasteiger partial charge is 0.105 e. The molecule has 1 unspecified atom stereocenters. The van der Waals surface area contributed by atoms with Crippen molar-refractivity contribution >= 4 is 0 Å². The predicted octanol–water partition coefficient (Wildman–Crippen LogP) is 4.31. The molecule has 0 amide bonds. The molecule has 0 aliphatic heterocycles. The second kappa shape index (κ2) is 5.18. The highest BCUT2D eigenvalue weighted by Crippen LogP contribution is 2.33. The third kappa shape index (κ3) is 2.31. The van der Waals surface area contributed by atoms with Crippen molar-refractivity contribution in [2.75, 3.05) is 0 Å². The molecule has 1 atom stereocenters. The topological polar surface area (TPSA) is 20.2 Å². The van der Waals surface area contributed by atoms with Crippen molar-refractivity contribution in [2.24, 2.45) is 0 Å². The quantitative estimate of drug-likeness (QED) is 0.846. The summed E-state index contributed by atoms with van der Waals surface area (Å²) in [6.07, 6.45) is -0.542. The summed E-state index contributed by atoms with van der Waals surface area (Å²) in [5.74, 6) is 0. The van der Waals surface area contributed by atoms with E-state index >= 15 is 0 Å². The highest BCUT2D eigenvalue weighted by molar-refractivity contribution is 5.52. The Morgan fingerprint density at radius 1 is 0.684 bits per heavy atom. The van der Waals surface area contributed by atoms with Gasteiger partial charge in [-0.2, -0.15) is 0 Å². The van der Waals surface area contributed by atoms with E-state index in [-0.39, 0.29) is 0 Å². The highest BCUT2D eigenvalue weighted by Gasteiger charge is 2.19. The first kappa shape index (κ1) is 13.8. The Kier molecular flexibility index (Phi) is 3.77. The standard InChI is InChI=1S/C18H22O/c1-11-12(2)14(4)17(15(5)13(11)3)18(19)16-9-7-6-8-10-16/h6-10,18-19H,1-5H3. The summed E-state index contributed by atoms with van der Waals surface area (Å²) in [6, 6.07) is 9.87. The molecular weight excluding hydrogens is 232 g/mol. The number of hydrogen-bond donors (Lipinski definition) is 1. The molecule has 19 heavy (non-hydrogen) atoms. The van der Waals surface area contributed by atoms with Crippen LogP contribution in [0.4, 0.5) is 0 Å². The highest BCUT2D eigenvalue weighted by atomic mass is 16.3. The Morgan fingerprint density at radius 2 is 1.11 bits per heavy atom. The second-order valence-corrected chi connectivity index (χ2v) is 5.35. The Bertz CT molecular complexity index is 568. The molecular formula is C18H22O. The molecule has 0 heterocycles. The van der Waals surface area contributed by atoms with Crippen LogP contribution in [-0.2, 0) is 0 Å². The Balaban J connectivity index is 2.64. The van der Waals surface area contributed by atoms with Gasteiger partial charge in [0.2, 0.25) is 0 Å². The van der Waals surface area contributed by atoms with Crippen LogP contribution < -0.4 is 0 Å². The van der Waals surface area contributed by atoms with Gasteiger partial charge in [-0.1, -0.05) is 30.3 Å². The van der Waals surface area contributed by atoms with Gasteiger partial charge in [-0.05, 0) is 73.6 Å². The van der Waals surface area contributed by atoms with Crippen LogP contribution >= 0.6 is 0 Å². The number of aliphatic hydroxyl groups is 1. The zero-order chi connectivity index (χ0) is 14.2. The van der Waals surface area contributed by atoms with Crippen LogP contribution in [0.25, 0.3) is 0 Å². The van der Waals surface area contributed by atoms with E-state index in [0.29, 0.717) is 0 Å². The monoisotopic (exact) mass is 254 g/mol. The molecule has 1 nitrogen and oxygen atoms in total. The number of rotatable bonds is 2. The molecule has 0 spiro atoms. The normalized spacial score (nSPS) is 12.5. The Morgan fingerprint density at radius 3 is 1.58 bits per heavy atom.